The zero-order chi connectivity index (χ0) is 12.4. The molecule has 0 aliphatic rings. The van der Waals surface area contributed by atoms with E-state index in [9.17, 15) is 0 Å². The molecule has 0 amide bonds. The van der Waals surface area contributed by atoms with Crippen LogP contribution >= 0.6 is 0 Å². The molecule has 0 aliphatic heterocycles. The Hall–Kier alpha value is -1.76. The van der Waals surface area contributed by atoms with Crippen molar-refractivity contribution >= 4 is 0 Å². The van der Waals surface area contributed by atoms with E-state index in [1.807, 2.05) is 18.2 Å². The Morgan fingerprint density at radius 2 is 1.47 bits per heavy atom. The van der Waals surface area contributed by atoms with Crippen molar-refractivity contribution < 1.29 is 4.74 Å². The quantitative estimate of drug-likeness (QED) is 0.742. The molecule has 2 rings (SSSR count). The molecule has 2 aromatic carbocycles. The fourth-order valence-electron chi connectivity index (χ4n) is 2.12. The molecule has 0 atom stereocenters. The molecule has 0 spiro atoms. The van der Waals surface area contributed by atoms with Gasteiger partial charge in [-0.1, -0.05) is 30.3 Å². The summed E-state index contributed by atoms with van der Waals surface area (Å²) in [6, 6.07) is 12.5. The number of hydrogen-bond acceptors (Lipinski definition) is 1. The minimum absolute atomic E-state index is 0.929. The zero-order valence-corrected chi connectivity index (χ0v) is 10.9. The van der Waals surface area contributed by atoms with Gasteiger partial charge in [-0.25, -0.2) is 0 Å². The van der Waals surface area contributed by atoms with Gasteiger partial charge in [0.2, 0.25) is 0 Å². The maximum atomic E-state index is 5.42. The van der Waals surface area contributed by atoms with Crippen LogP contribution in [-0.4, -0.2) is 7.11 Å². The summed E-state index contributed by atoms with van der Waals surface area (Å²) >= 11 is 0. The summed E-state index contributed by atoms with van der Waals surface area (Å²) in [4.78, 5) is 0. The van der Waals surface area contributed by atoms with Crippen LogP contribution in [0.15, 0.2) is 36.4 Å². The molecule has 1 heteroatoms. The predicted octanol–water partition coefficient (Wildman–Crippen LogP) is 4.29. The number of benzene rings is 2. The zero-order valence-electron chi connectivity index (χ0n) is 10.9. The van der Waals surface area contributed by atoms with Crippen molar-refractivity contribution in [1.82, 2.24) is 0 Å². The molecule has 17 heavy (non-hydrogen) atoms. The van der Waals surface area contributed by atoms with E-state index >= 15 is 0 Å². The molecule has 2 aromatic rings. The molecular formula is C16H18O. The Balaban J connectivity index is 2.65. The third kappa shape index (κ3) is 2.05. The van der Waals surface area contributed by atoms with Crippen molar-refractivity contribution in [3.8, 4) is 16.9 Å². The van der Waals surface area contributed by atoms with Crippen LogP contribution in [0.2, 0.25) is 0 Å². The van der Waals surface area contributed by atoms with Gasteiger partial charge in [0, 0.05) is 5.56 Å². The standard InChI is InChI=1S/C16H18O/c1-11-9-10-14(13(3)12(11)2)15-7-5-6-8-16(15)17-4/h5-10H,1-4H3. The van der Waals surface area contributed by atoms with Gasteiger partial charge in [0.15, 0.2) is 0 Å². The minimum Gasteiger partial charge on any atom is -0.496 e. The summed E-state index contributed by atoms with van der Waals surface area (Å²) < 4.78 is 5.42. The molecule has 0 bridgehead atoms. The van der Waals surface area contributed by atoms with Crippen LogP contribution in [0.1, 0.15) is 16.7 Å². The normalized spacial score (nSPS) is 10.4. The van der Waals surface area contributed by atoms with Gasteiger partial charge >= 0.3 is 0 Å². The van der Waals surface area contributed by atoms with E-state index in [0.717, 1.165) is 11.3 Å². The number of rotatable bonds is 2. The van der Waals surface area contributed by atoms with Gasteiger partial charge < -0.3 is 4.74 Å². The predicted molar refractivity (Wildman–Crippen MR) is 72.6 cm³/mol. The molecule has 0 radical (unpaired) electrons. The largest absolute Gasteiger partial charge is 0.496 e. The first-order valence-electron chi connectivity index (χ1n) is 5.85. The van der Waals surface area contributed by atoms with Crippen LogP contribution in [0.25, 0.3) is 11.1 Å². The molecule has 88 valence electrons. The third-order valence-electron chi connectivity index (χ3n) is 3.46. The van der Waals surface area contributed by atoms with E-state index in [1.54, 1.807) is 7.11 Å². The lowest BCUT2D eigenvalue weighted by molar-refractivity contribution is 0.416. The SMILES string of the molecule is COc1ccccc1-c1ccc(C)c(C)c1C. The fourth-order valence-corrected chi connectivity index (χ4v) is 2.12. The molecule has 0 fully saturated rings. The van der Waals surface area contributed by atoms with E-state index in [2.05, 4.69) is 39.0 Å². The fraction of sp³-hybridized carbons (Fsp3) is 0.250. The van der Waals surface area contributed by atoms with Crippen LogP contribution in [0.4, 0.5) is 0 Å². The van der Waals surface area contributed by atoms with Crippen LogP contribution in [0, 0.1) is 20.8 Å². The molecule has 0 aliphatic carbocycles. The van der Waals surface area contributed by atoms with E-state index in [4.69, 9.17) is 4.74 Å². The molecule has 0 heterocycles. The highest BCUT2D eigenvalue weighted by Crippen LogP contribution is 2.33. The van der Waals surface area contributed by atoms with E-state index in [-0.39, 0.29) is 0 Å². The Kier molecular flexibility index (Phi) is 3.19. The molecule has 0 saturated heterocycles. The Labute approximate surface area is 103 Å². The summed E-state index contributed by atoms with van der Waals surface area (Å²) in [6.45, 7) is 6.49. The maximum Gasteiger partial charge on any atom is 0.126 e. The average molecular weight is 226 g/mol. The number of ether oxygens (including phenoxy) is 1. The Morgan fingerprint density at radius 3 is 2.18 bits per heavy atom. The molecule has 0 saturated carbocycles. The van der Waals surface area contributed by atoms with Gasteiger partial charge in [0.25, 0.3) is 0 Å². The van der Waals surface area contributed by atoms with Gasteiger partial charge in [-0.15, -0.1) is 0 Å². The number of aryl methyl sites for hydroxylation is 1. The molecule has 1 nitrogen and oxygen atoms in total. The van der Waals surface area contributed by atoms with E-state index in [0.29, 0.717) is 0 Å². The minimum atomic E-state index is 0.929. The summed E-state index contributed by atoms with van der Waals surface area (Å²) in [5.74, 6) is 0.929. The monoisotopic (exact) mass is 226 g/mol. The summed E-state index contributed by atoms with van der Waals surface area (Å²) in [6.07, 6.45) is 0. The highest BCUT2D eigenvalue weighted by molar-refractivity contribution is 5.74. The highest BCUT2D eigenvalue weighted by atomic mass is 16.5. The van der Waals surface area contributed by atoms with Gasteiger partial charge in [0.05, 0.1) is 7.11 Å². The topological polar surface area (TPSA) is 9.23 Å². The van der Waals surface area contributed by atoms with Crippen LogP contribution < -0.4 is 4.74 Å². The van der Waals surface area contributed by atoms with Gasteiger partial charge in [-0.3, -0.25) is 0 Å². The smallest absolute Gasteiger partial charge is 0.126 e. The summed E-state index contributed by atoms with van der Waals surface area (Å²) in [5.41, 5.74) is 6.44. The van der Waals surface area contributed by atoms with Gasteiger partial charge in [-0.05, 0) is 49.1 Å². The molecule has 0 unspecified atom stereocenters. The van der Waals surface area contributed by atoms with Crippen molar-refractivity contribution in [3.05, 3.63) is 53.1 Å². The number of methoxy groups -OCH3 is 1. The Bertz CT molecular complexity index is 541. The third-order valence-corrected chi connectivity index (χ3v) is 3.46. The second-order valence-electron chi connectivity index (χ2n) is 4.38. The first kappa shape index (κ1) is 11.7. The summed E-state index contributed by atoms with van der Waals surface area (Å²) in [7, 11) is 1.72. The maximum absolute atomic E-state index is 5.42. The first-order valence-corrected chi connectivity index (χ1v) is 5.85. The summed E-state index contributed by atoms with van der Waals surface area (Å²) in [5, 5.41) is 0. The number of para-hydroxylation sites is 1. The van der Waals surface area contributed by atoms with E-state index in [1.165, 1.54) is 22.3 Å². The van der Waals surface area contributed by atoms with Crippen LogP contribution in [-0.2, 0) is 0 Å². The van der Waals surface area contributed by atoms with Crippen LogP contribution in [0.5, 0.6) is 5.75 Å². The van der Waals surface area contributed by atoms with Crippen molar-refractivity contribution in [3.63, 3.8) is 0 Å². The van der Waals surface area contributed by atoms with Crippen molar-refractivity contribution in [2.24, 2.45) is 0 Å². The second-order valence-corrected chi connectivity index (χ2v) is 4.38. The van der Waals surface area contributed by atoms with Crippen molar-refractivity contribution in [2.75, 3.05) is 7.11 Å². The Morgan fingerprint density at radius 1 is 0.765 bits per heavy atom. The highest BCUT2D eigenvalue weighted by Gasteiger charge is 2.09. The lowest BCUT2D eigenvalue weighted by Gasteiger charge is -2.14. The van der Waals surface area contributed by atoms with Crippen molar-refractivity contribution in [1.29, 1.82) is 0 Å². The number of hydrogen-bond donors (Lipinski definition) is 0. The van der Waals surface area contributed by atoms with E-state index < -0.39 is 0 Å². The lowest BCUT2D eigenvalue weighted by atomic mass is 9.94. The van der Waals surface area contributed by atoms with Crippen molar-refractivity contribution in [2.45, 2.75) is 20.8 Å². The van der Waals surface area contributed by atoms with Crippen LogP contribution in [0.3, 0.4) is 0 Å². The molecular weight excluding hydrogens is 208 g/mol. The first-order chi connectivity index (χ1) is 8.15. The molecule has 0 N–H and O–H groups in total. The molecule has 0 aromatic heterocycles. The van der Waals surface area contributed by atoms with Gasteiger partial charge in [0.1, 0.15) is 5.75 Å². The van der Waals surface area contributed by atoms with Gasteiger partial charge in [-0.2, -0.15) is 0 Å². The second kappa shape index (κ2) is 4.62. The lowest BCUT2D eigenvalue weighted by Crippen LogP contribution is -1.93. The average Bonchev–Trinajstić information content (AvgIpc) is 2.36.